The van der Waals surface area contributed by atoms with E-state index >= 15 is 0 Å². The summed E-state index contributed by atoms with van der Waals surface area (Å²) in [5.41, 5.74) is 0. The van der Waals surface area contributed by atoms with E-state index in [4.69, 9.17) is 9.84 Å². The standard InChI is InChI=1S/C12H22O3/c1-9(2)7-10(12(13)14)8-11-5-3-4-6-15-11/h9-11H,3-8H2,1-2H3,(H,13,14). The van der Waals surface area contributed by atoms with E-state index in [9.17, 15) is 4.79 Å². The van der Waals surface area contributed by atoms with Crippen LogP contribution in [0.2, 0.25) is 0 Å². The lowest BCUT2D eigenvalue weighted by Gasteiger charge is -2.25. The highest BCUT2D eigenvalue weighted by Gasteiger charge is 2.25. The van der Waals surface area contributed by atoms with Crippen molar-refractivity contribution in [3.63, 3.8) is 0 Å². The van der Waals surface area contributed by atoms with Crippen LogP contribution in [0.4, 0.5) is 0 Å². The van der Waals surface area contributed by atoms with Crippen LogP contribution < -0.4 is 0 Å². The van der Waals surface area contributed by atoms with E-state index in [0.717, 1.165) is 25.9 Å². The maximum Gasteiger partial charge on any atom is 0.306 e. The van der Waals surface area contributed by atoms with E-state index in [0.29, 0.717) is 12.3 Å². The Kier molecular flexibility index (Phi) is 5.09. The fraction of sp³-hybridized carbons (Fsp3) is 0.917. The van der Waals surface area contributed by atoms with Crippen molar-refractivity contribution in [3.8, 4) is 0 Å². The maximum atomic E-state index is 11.1. The zero-order valence-corrected chi connectivity index (χ0v) is 9.74. The normalized spacial score (nSPS) is 24.1. The van der Waals surface area contributed by atoms with Crippen LogP contribution >= 0.6 is 0 Å². The Balaban J connectivity index is 2.38. The van der Waals surface area contributed by atoms with Crippen LogP contribution in [0.15, 0.2) is 0 Å². The van der Waals surface area contributed by atoms with E-state index < -0.39 is 5.97 Å². The second kappa shape index (κ2) is 6.11. The Morgan fingerprint density at radius 2 is 2.20 bits per heavy atom. The Morgan fingerprint density at radius 1 is 1.47 bits per heavy atom. The number of aliphatic carboxylic acids is 1. The molecule has 0 spiro atoms. The zero-order valence-electron chi connectivity index (χ0n) is 9.74. The van der Waals surface area contributed by atoms with Crippen LogP contribution in [0.5, 0.6) is 0 Å². The lowest BCUT2D eigenvalue weighted by Crippen LogP contribution is -2.26. The predicted molar refractivity (Wildman–Crippen MR) is 58.8 cm³/mol. The summed E-state index contributed by atoms with van der Waals surface area (Å²) in [6.45, 7) is 4.94. The largest absolute Gasteiger partial charge is 0.481 e. The van der Waals surface area contributed by atoms with Crippen LogP contribution in [-0.4, -0.2) is 23.8 Å². The molecule has 1 rings (SSSR count). The van der Waals surface area contributed by atoms with E-state index in [1.807, 2.05) is 0 Å². The van der Waals surface area contributed by atoms with Gasteiger partial charge in [0.15, 0.2) is 0 Å². The molecule has 3 nitrogen and oxygen atoms in total. The van der Waals surface area contributed by atoms with Crippen molar-refractivity contribution < 1.29 is 14.6 Å². The number of rotatable bonds is 5. The van der Waals surface area contributed by atoms with Crippen molar-refractivity contribution in [2.24, 2.45) is 11.8 Å². The van der Waals surface area contributed by atoms with Gasteiger partial charge in [-0.1, -0.05) is 13.8 Å². The van der Waals surface area contributed by atoms with Gasteiger partial charge in [-0.05, 0) is 38.0 Å². The molecule has 0 saturated carbocycles. The first-order valence-corrected chi connectivity index (χ1v) is 5.94. The van der Waals surface area contributed by atoms with Crippen molar-refractivity contribution in [1.82, 2.24) is 0 Å². The Morgan fingerprint density at radius 3 is 2.67 bits per heavy atom. The average Bonchev–Trinajstić information content (AvgIpc) is 2.17. The summed E-state index contributed by atoms with van der Waals surface area (Å²) in [6.07, 6.45) is 4.96. The summed E-state index contributed by atoms with van der Waals surface area (Å²) >= 11 is 0. The Bertz CT molecular complexity index is 195. The quantitative estimate of drug-likeness (QED) is 0.765. The number of carboxylic acid groups (broad SMARTS) is 1. The molecule has 1 fully saturated rings. The summed E-state index contributed by atoms with van der Waals surface area (Å²) < 4.78 is 5.58. The molecule has 1 aliphatic rings. The van der Waals surface area contributed by atoms with Crippen LogP contribution in [0.3, 0.4) is 0 Å². The van der Waals surface area contributed by atoms with E-state index in [1.165, 1.54) is 6.42 Å². The van der Waals surface area contributed by atoms with Crippen LogP contribution in [0, 0.1) is 11.8 Å². The predicted octanol–water partition coefficient (Wildman–Crippen LogP) is 2.69. The molecule has 0 aromatic rings. The Hall–Kier alpha value is -0.570. The molecule has 88 valence electrons. The minimum absolute atomic E-state index is 0.179. The third kappa shape index (κ3) is 4.65. The minimum Gasteiger partial charge on any atom is -0.481 e. The minimum atomic E-state index is -0.669. The lowest BCUT2D eigenvalue weighted by atomic mass is 9.90. The van der Waals surface area contributed by atoms with Crippen molar-refractivity contribution in [3.05, 3.63) is 0 Å². The number of carboxylic acids is 1. The molecule has 1 N–H and O–H groups in total. The van der Waals surface area contributed by atoms with Gasteiger partial charge in [0, 0.05) is 6.61 Å². The first-order valence-electron chi connectivity index (χ1n) is 5.94. The summed E-state index contributed by atoms with van der Waals surface area (Å²) in [5.74, 6) is -0.458. The molecule has 1 saturated heterocycles. The fourth-order valence-electron chi connectivity index (χ4n) is 2.18. The van der Waals surface area contributed by atoms with Crippen molar-refractivity contribution >= 4 is 5.97 Å². The second-order valence-electron chi connectivity index (χ2n) is 4.89. The smallest absolute Gasteiger partial charge is 0.306 e. The molecule has 1 heterocycles. The zero-order chi connectivity index (χ0) is 11.3. The molecule has 0 amide bonds. The molecular weight excluding hydrogens is 192 g/mol. The molecule has 1 aliphatic heterocycles. The summed E-state index contributed by atoms with van der Waals surface area (Å²) in [7, 11) is 0. The van der Waals surface area contributed by atoms with Gasteiger partial charge in [-0.25, -0.2) is 0 Å². The van der Waals surface area contributed by atoms with E-state index in [-0.39, 0.29) is 12.0 Å². The van der Waals surface area contributed by atoms with Gasteiger partial charge in [-0.3, -0.25) is 4.79 Å². The third-order valence-corrected chi connectivity index (χ3v) is 2.93. The summed E-state index contributed by atoms with van der Waals surface area (Å²) in [4.78, 5) is 11.1. The van der Waals surface area contributed by atoms with Crippen LogP contribution in [-0.2, 0) is 9.53 Å². The molecule has 15 heavy (non-hydrogen) atoms. The number of hydrogen-bond donors (Lipinski definition) is 1. The van der Waals surface area contributed by atoms with Gasteiger partial charge in [0.2, 0.25) is 0 Å². The molecule has 0 bridgehead atoms. The molecule has 0 radical (unpaired) electrons. The van der Waals surface area contributed by atoms with Gasteiger partial charge < -0.3 is 9.84 Å². The highest BCUT2D eigenvalue weighted by Crippen LogP contribution is 2.24. The summed E-state index contributed by atoms with van der Waals surface area (Å²) in [5, 5.41) is 9.10. The van der Waals surface area contributed by atoms with E-state index in [2.05, 4.69) is 13.8 Å². The van der Waals surface area contributed by atoms with Crippen molar-refractivity contribution in [1.29, 1.82) is 0 Å². The first kappa shape index (κ1) is 12.5. The molecule has 2 atom stereocenters. The van der Waals surface area contributed by atoms with Crippen LogP contribution in [0.25, 0.3) is 0 Å². The van der Waals surface area contributed by atoms with Gasteiger partial charge in [-0.15, -0.1) is 0 Å². The van der Waals surface area contributed by atoms with Gasteiger partial charge >= 0.3 is 5.97 Å². The molecular formula is C12H22O3. The second-order valence-corrected chi connectivity index (χ2v) is 4.89. The van der Waals surface area contributed by atoms with Crippen LogP contribution in [0.1, 0.15) is 46.0 Å². The topological polar surface area (TPSA) is 46.5 Å². The Labute approximate surface area is 91.8 Å². The number of ether oxygens (including phenoxy) is 1. The lowest BCUT2D eigenvalue weighted by molar-refractivity contribution is -0.144. The molecule has 2 unspecified atom stereocenters. The number of hydrogen-bond acceptors (Lipinski definition) is 2. The third-order valence-electron chi connectivity index (χ3n) is 2.93. The fourth-order valence-corrected chi connectivity index (χ4v) is 2.18. The van der Waals surface area contributed by atoms with Gasteiger partial charge in [0.1, 0.15) is 0 Å². The molecule has 0 aromatic heterocycles. The highest BCUT2D eigenvalue weighted by atomic mass is 16.5. The van der Waals surface area contributed by atoms with E-state index in [1.54, 1.807) is 0 Å². The van der Waals surface area contributed by atoms with Crippen molar-refractivity contribution in [2.45, 2.75) is 52.1 Å². The van der Waals surface area contributed by atoms with Crippen molar-refractivity contribution in [2.75, 3.05) is 6.61 Å². The van der Waals surface area contributed by atoms with Gasteiger partial charge in [0.05, 0.1) is 12.0 Å². The average molecular weight is 214 g/mol. The molecule has 0 aliphatic carbocycles. The first-order chi connectivity index (χ1) is 7.09. The molecule has 0 aromatic carbocycles. The number of carbonyl (C=O) groups is 1. The van der Waals surface area contributed by atoms with Gasteiger partial charge in [-0.2, -0.15) is 0 Å². The monoisotopic (exact) mass is 214 g/mol. The summed E-state index contributed by atoms with van der Waals surface area (Å²) in [6, 6.07) is 0. The SMILES string of the molecule is CC(C)CC(CC1CCCCO1)C(=O)O. The highest BCUT2D eigenvalue weighted by molar-refractivity contribution is 5.69. The maximum absolute atomic E-state index is 11.1. The molecule has 3 heteroatoms. The van der Waals surface area contributed by atoms with Gasteiger partial charge in [0.25, 0.3) is 0 Å².